The van der Waals surface area contributed by atoms with Crippen LogP contribution in [-0.2, 0) is 0 Å². The number of aromatic nitrogens is 3. The van der Waals surface area contributed by atoms with Crippen LogP contribution in [-0.4, -0.2) is 63.7 Å². The van der Waals surface area contributed by atoms with Gasteiger partial charge in [0.1, 0.15) is 5.52 Å². The van der Waals surface area contributed by atoms with E-state index in [2.05, 4.69) is 25.6 Å². The highest BCUT2D eigenvalue weighted by atomic mass is 16.2. The second-order valence-electron chi connectivity index (χ2n) is 7.39. The highest BCUT2D eigenvalue weighted by Gasteiger charge is 2.28. The summed E-state index contributed by atoms with van der Waals surface area (Å²) in [6.45, 7) is 6.18. The number of hydrogen-bond donors (Lipinski definition) is 3. The lowest BCUT2D eigenvalue weighted by atomic mass is 9.89. The smallest absolute Gasteiger partial charge is 0.274 e. The first kappa shape index (κ1) is 17.2. The SMILES string of the molecule is Cc1cn2nc(C(=O)NC3CCC(N4CCNCC4)CC3)cc2c(=O)[nH]1. The zero-order valence-corrected chi connectivity index (χ0v) is 15.1. The van der Waals surface area contributed by atoms with Crippen molar-refractivity contribution in [3.63, 3.8) is 0 Å². The van der Waals surface area contributed by atoms with Gasteiger partial charge in [-0.25, -0.2) is 4.52 Å². The summed E-state index contributed by atoms with van der Waals surface area (Å²) < 4.78 is 1.48. The van der Waals surface area contributed by atoms with Gasteiger partial charge < -0.3 is 15.6 Å². The van der Waals surface area contributed by atoms with E-state index in [-0.39, 0.29) is 17.5 Å². The number of nitrogens with zero attached hydrogens (tertiary/aromatic N) is 3. The number of carbonyl (C=O) groups is 1. The normalized spacial score (nSPS) is 24.7. The standard InChI is InChI=1S/C18H26N6O2/c1-12-11-24-16(18(26)20-12)10-15(22-24)17(25)21-13-2-4-14(5-3-13)23-8-6-19-7-9-23/h10-11,13-14,19H,2-9H2,1H3,(H,20,26)(H,21,25). The van der Waals surface area contributed by atoms with Crippen LogP contribution in [0.1, 0.15) is 41.9 Å². The van der Waals surface area contributed by atoms with Gasteiger partial charge in [0.25, 0.3) is 11.5 Å². The minimum Gasteiger partial charge on any atom is -0.348 e. The summed E-state index contributed by atoms with van der Waals surface area (Å²) in [5, 5.41) is 10.7. The van der Waals surface area contributed by atoms with Crippen LogP contribution in [0, 0.1) is 6.92 Å². The van der Waals surface area contributed by atoms with E-state index in [1.165, 1.54) is 4.52 Å². The largest absolute Gasteiger partial charge is 0.348 e. The van der Waals surface area contributed by atoms with Crippen molar-refractivity contribution in [3.8, 4) is 0 Å². The number of nitrogens with one attached hydrogen (secondary N) is 3. The molecule has 140 valence electrons. The van der Waals surface area contributed by atoms with Crippen LogP contribution in [0.5, 0.6) is 0 Å². The Balaban J connectivity index is 1.37. The summed E-state index contributed by atoms with van der Waals surface area (Å²) >= 11 is 0. The van der Waals surface area contributed by atoms with E-state index < -0.39 is 0 Å². The molecule has 0 unspecified atom stereocenters. The van der Waals surface area contributed by atoms with Gasteiger partial charge in [0.2, 0.25) is 0 Å². The lowest BCUT2D eigenvalue weighted by molar-refractivity contribution is 0.0889. The average molecular weight is 358 g/mol. The van der Waals surface area contributed by atoms with Gasteiger partial charge in [-0.05, 0) is 32.6 Å². The Labute approximate surface area is 152 Å². The van der Waals surface area contributed by atoms with Gasteiger partial charge >= 0.3 is 0 Å². The third-order valence-electron chi connectivity index (χ3n) is 5.53. The predicted molar refractivity (Wildman–Crippen MR) is 98.5 cm³/mol. The van der Waals surface area contributed by atoms with E-state index in [0.717, 1.165) is 51.9 Å². The fourth-order valence-corrected chi connectivity index (χ4v) is 4.12. The van der Waals surface area contributed by atoms with Crippen molar-refractivity contribution >= 4 is 11.4 Å². The Kier molecular flexibility index (Phi) is 4.78. The zero-order valence-electron chi connectivity index (χ0n) is 15.1. The number of amides is 1. The van der Waals surface area contributed by atoms with Crippen LogP contribution in [0.25, 0.3) is 5.52 Å². The predicted octanol–water partition coefficient (Wildman–Crippen LogP) is 0.277. The molecule has 2 aromatic heterocycles. The molecule has 1 saturated heterocycles. The molecular weight excluding hydrogens is 332 g/mol. The molecule has 0 aromatic carbocycles. The zero-order chi connectivity index (χ0) is 18.1. The third kappa shape index (κ3) is 3.52. The van der Waals surface area contributed by atoms with Gasteiger partial charge in [0.05, 0.1) is 0 Å². The molecule has 1 aliphatic heterocycles. The van der Waals surface area contributed by atoms with Crippen LogP contribution < -0.4 is 16.2 Å². The van der Waals surface area contributed by atoms with Crippen LogP contribution >= 0.6 is 0 Å². The van der Waals surface area contributed by atoms with Crippen LogP contribution in [0.15, 0.2) is 17.1 Å². The Morgan fingerprint density at radius 2 is 1.96 bits per heavy atom. The topological polar surface area (TPSA) is 94.5 Å². The second kappa shape index (κ2) is 7.20. The number of H-pyrrole nitrogens is 1. The maximum absolute atomic E-state index is 12.5. The Morgan fingerprint density at radius 1 is 1.23 bits per heavy atom. The van der Waals surface area contributed by atoms with Crippen molar-refractivity contribution < 1.29 is 4.79 Å². The quantitative estimate of drug-likeness (QED) is 0.733. The van der Waals surface area contributed by atoms with Crippen LogP contribution in [0.2, 0.25) is 0 Å². The molecule has 0 spiro atoms. The Morgan fingerprint density at radius 3 is 2.69 bits per heavy atom. The molecular formula is C18H26N6O2. The molecule has 2 fully saturated rings. The number of aromatic amines is 1. The second-order valence-corrected chi connectivity index (χ2v) is 7.39. The first-order valence-electron chi connectivity index (χ1n) is 9.45. The summed E-state index contributed by atoms with van der Waals surface area (Å²) in [5.74, 6) is -0.198. The van der Waals surface area contributed by atoms with Gasteiger partial charge in [0, 0.05) is 56.2 Å². The summed E-state index contributed by atoms with van der Waals surface area (Å²) in [6.07, 6.45) is 5.94. The van der Waals surface area contributed by atoms with Crippen molar-refractivity contribution in [1.29, 1.82) is 0 Å². The summed E-state index contributed by atoms with van der Waals surface area (Å²) in [6, 6.07) is 2.38. The molecule has 0 bridgehead atoms. The molecule has 8 heteroatoms. The highest BCUT2D eigenvalue weighted by Crippen LogP contribution is 2.23. The highest BCUT2D eigenvalue weighted by molar-refractivity contribution is 5.93. The molecule has 8 nitrogen and oxygen atoms in total. The molecule has 4 rings (SSSR count). The number of fused-ring (bicyclic) bond motifs is 1. The fraction of sp³-hybridized carbons (Fsp3) is 0.611. The van der Waals surface area contributed by atoms with Crippen molar-refractivity contribution in [2.75, 3.05) is 26.2 Å². The number of aryl methyl sites for hydroxylation is 1. The summed E-state index contributed by atoms with van der Waals surface area (Å²) in [7, 11) is 0. The van der Waals surface area contributed by atoms with E-state index in [4.69, 9.17) is 0 Å². The number of piperazine rings is 1. The minimum absolute atomic E-state index is 0.187. The third-order valence-corrected chi connectivity index (χ3v) is 5.53. The lowest BCUT2D eigenvalue weighted by Crippen LogP contribution is -2.50. The van der Waals surface area contributed by atoms with Gasteiger partial charge in [0.15, 0.2) is 5.69 Å². The molecule has 3 N–H and O–H groups in total. The summed E-state index contributed by atoms with van der Waals surface area (Å²) in [4.78, 5) is 29.8. The molecule has 26 heavy (non-hydrogen) atoms. The fourth-order valence-electron chi connectivity index (χ4n) is 4.12. The Hall–Kier alpha value is -2.19. The molecule has 0 radical (unpaired) electrons. The van der Waals surface area contributed by atoms with Crippen molar-refractivity contribution in [2.45, 2.75) is 44.7 Å². The number of hydrogen-bond acceptors (Lipinski definition) is 5. The van der Waals surface area contributed by atoms with Gasteiger partial charge in [-0.3, -0.25) is 14.5 Å². The Bertz CT molecular complexity index is 843. The van der Waals surface area contributed by atoms with E-state index in [0.29, 0.717) is 22.9 Å². The van der Waals surface area contributed by atoms with Crippen molar-refractivity contribution in [3.05, 3.63) is 34.0 Å². The molecule has 2 aliphatic rings. The average Bonchev–Trinajstić information content (AvgIpc) is 3.08. The van der Waals surface area contributed by atoms with E-state index in [1.54, 1.807) is 19.2 Å². The molecule has 1 amide bonds. The van der Waals surface area contributed by atoms with Gasteiger partial charge in [-0.1, -0.05) is 0 Å². The first-order valence-corrected chi connectivity index (χ1v) is 9.45. The van der Waals surface area contributed by atoms with Crippen molar-refractivity contribution in [2.24, 2.45) is 0 Å². The molecule has 0 atom stereocenters. The van der Waals surface area contributed by atoms with Crippen molar-refractivity contribution in [1.82, 2.24) is 30.1 Å². The van der Waals surface area contributed by atoms with Gasteiger partial charge in [-0.15, -0.1) is 0 Å². The molecule has 1 saturated carbocycles. The van der Waals surface area contributed by atoms with Gasteiger partial charge in [-0.2, -0.15) is 5.10 Å². The van der Waals surface area contributed by atoms with E-state index in [9.17, 15) is 9.59 Å². The minimum atomic E-state index is -0.229. The maximum atomic E-state index is 12.5. The van der Waals surface area contributed by atoms with E-state index >= 15 is 0 Å². The first-order chi connectivity index (χ1) is 12.6. The number of carbonyl (C=O) groups excluding carboxylic acids is 1. The molecule has 3 heterocycles. The monoisotopic (exact) mass is 358 g/mol. The van der Waals surface area contributed by atoms with Crippen LogP contribution in [0.3, 0.4) is 0 Å². The van der Waals surface area contributed by atoms with E-state index in [1.807, 2.05) is 0 Å². The van der Waals surface area contributed by atoms with Crippen LogP contribution in [0.4, 0.5) is 0 Å². The number of rotatable bonds is 3. The maximum Gasteiger partial charge on any atom is 0.274 e. The molecule has 2 aromatic rings. The lowest BCUT2D eigenvalue weighted by Gasteiger charge is -2.39. The summed E-state index contributed by atoms with van der Waals surface area (Å²) in [5.41, 5.74) is 1.17. The molecule has 1 aliphatic carbocycles.